The molecule has 0 spiro atoms. The van der Waals surface area contributed by atoms with Crippen molar-refractivity contribution in [2.75, 3.05) is 7.11 Å². The van der Waals surface area contributed by atoms with E-state index in [0.29, 0.717) is 6.42 Å². The molecule has 0 bridgehead atoms. The number of allylic oxidation sites excluding steroid dienone is 1. The summed E-state index contributed by atoms with van der Waals surface area (Å²) in [6.07, 6.45) is 18.1. The molecular weight excluding hydrogens is 276 g/mol. The summed E-state index contributed by atoms with van der Waals surface area (Å²) < 4.78 is 4.60. The number of ether oxygens (including phenoxy) is 1. The van der Waals surface area contributed by atoms with E-state index in [1.54, 1.807) is 0 Å². The van der Waals surface area contributed by atoms with Crippen molar-refractivity contribution >= 4 is 5.97 Å². The van der Waals surface area contributed by atoms with E-state index in [9.17, 15) is 9.90 Å². The van der Waals surface area contributed by atoms with E-state index in [1.165, 1.54) is 39.2 Å². The Balaban J connectivity index is 3.31. The van der Waals surface area contributed by atoms with Gasteiger partial charge in [-0.25, -0.2) is 0 Å². The Labute approximate surface area is 137 Å². The molecule has 0 saturated carbocycles. The second-order valence-corrected chi connectivity index (χ2v) is 6.08. The fourth-order valence-electron chi connectivity index (χ4n) is 2.47. The molecule has 0 rings (SSSR count). The van der Waals surface area contributed by atoms with Gasteiger partial charge in [-0.2, -0.15) is 0 Å². The van der Waals surface area contributed by atoms with Gasteiger partial charge in [0.25, 0.3) is 0 Å². The fraction of sp³-hybridized carbons (Fsp3) is 0.842. The first-order valence-electron chi connectivity index (χ1n) is 9.12. The average molecular weight is 312 g/mol. The van der Waals surface area contributed by atoms with Crippen LogP contribution in [0.2, 0.25) is 0 Å². The SMILES string of the molecule is CCCCCCC/C=C/[C@H](O)CCCCCCCC(=O)OC. The zero-order valence-corrected chi connectivity index (χ0v) is 14.7. The van der Waals surface area contributed by atoms with E-state index >= 15 is 0 Å². The largest absolute Gasteiger partial charge is 0.469 e. The van der Waals surface area contributed by atoms with Gasteiger partial charge in [0, 0.05) is 6.42 Å². The first-order chi connectivity index (χ1) is 10.7. The molecule has 0 saturated heterocycles. The van der Waals surface area contributed by atoms with Gasteiger partial charge in [0.05, 0.1) is 13.2 Å². The van der Waals surface area contributed by atoms with Crippen LogP contribution in [0.4, 0.5) is 0 Å². The number of rotatable bonds is 15. The van der Waals surface area contributed by atoms with Crippen LogP contribution in [0.25, 0.3) is 0 Å². The molecule has 0 aromatic rings. The lowest BCUT2D eigenvalue weighted by Gasteiger charge is -2.05. The molecule has 3 heteroatoms. The number of aliphatic hydroxyl groups is 1. The normalized spacial score (nSPS) is 12.7. The van der Waals surface area contributed by atoms with Gasteiger partial charge in [-0.15, -0.1) is 0 Å². The van der Waals surface area contributed by atoms with Crippen LogP contribution in [0, 0.1) is 0 Å². The van der Waals surface area contributed by atoms with Crippen LogP contribution in [-0.4, -0.2) is 24.3 Å². The molecule has 0 amide bonds. The van der Waals surface area contributed by atoms with Crippen molar-refractivity contribution < 1.29 is 14.6 Å². The van der Waals surface area contributed by atoms with Crippen LogP contribution in [0.1, 0.15) is 90.4 Å². The van der Waals surface area contributed by atoms with E-state index in [4.69, 9.17) is 0 Å². The molecule has 0 heterocycles. The number of carbonyl (C=O) groups excluding carboxylic acids is 1. The zero-order valence-electron chi connectivity index (χ0n) is 14.7. The van der Waals surface area contributed by atoms with Gasteiger partial charge in [-0.1, -0.05) is 70.4 Å². The smallest absolute Gasteiger partial charge is 0.305 e. The average Bonchev–Trinajstić information content (AvgIpc) is 2.52. The van der Waals surface area contributed by atoms with Crippen molar-refractivity contribution in [3.05, 3.63) is 12.2 Å². The van der Waals surface area contributed by atoms with Crippen molar-refractivity contribution in [2.24, 2.45) is 0 Å². The highest BCUT2D eigenvalue weighted by Gasteiger charge is 2.01. The van der Waals surface area contributed by atoms with Crippen LogP contribution in [0.15, 0.2) is 12.2 Å². The molecule has 0 aliphatic rings. The third-order valence-electron chi connectivity index (χ3n) is 3.94. The van der Waals surface area contributed by atoms with Gasteiger partial charge < -0.3 is 9.84 Å². The molecule has 0 radical (unpaired) electrons. The number of unbranched alkanes of at least 4 members (excludes halogenated alkanes) is 9. The lowest BCUT2D eigenvalue weighted by atomic mass is 10.1. The lowest BCUT2D eigenvalue weighted by Crippen LogP contribution is -2.01. The number of methoxy groups -OCH3 is 1. The summed E-state index contributed by atoms with van der Waals surface area (Å²) in [5.41, 5.74) is 0. The van der Waals surface area contributed by atoms with E-state index in [2.05, 4.69) is 17.7 Å². The predicted molar refractivity (Wildman–Crippen MR) is 92.9 cm³/mol. The minimum atomic E-state index is -0.286. The molecule has 0 aliphatic heterocycles. The number of hydrogen-bond donors (Lipinski definition) is 1. The second-order valence-electron chi connectivity index (χ2n) is 6.08. The van der Waals surface area contributed by atoms with Crippen molar-refractivity contribution in [2.45, 2.75) is 96.5 Å². The first-order valence-corrected chi connectivity index (χ1v) is 9.12. The summed E-state index contributed by atoms with van der Waals surface area (Å²) >= 11 is 0. The number of esters is 1. The number of aliphatic hydroxyl groups excluding tert-OH is 1. The summed E-state index contributed by atoms with van der Waals surface area (Å²) in [6.45, 7) is 2.23. The topological polar surface area (TPSA) is 46.5 Å². The van der Waals surface area contributed by atoms with Gasteiger partial charge in [0.1, 0.15) is 0 Å². The highest BCUT2D eigenvalue weighted by Crippen LogP contribution is 2.10. The van der Waals surface area contributed by atoms with Crippen LogP contribution in [-0.2, 0) is 9.53 Å². The van der Waals surface area contributed by atoms with Crippen molar-refractivity contribution in [1.82, 2.24) is 0 Å². The maximum Gasteiger partial charge on any atom is 0.305 e. The van der Waals surface area contributed by atoms with Crippen molar-refractivity contribution in [3.63, 3.8) is 0 Å². The Hall–Kier alpha value is -0.830. The van der Waals surface area contributed by atoms with Crippen molar-refractivity contribution in [3.8, 4) is 0 Å². The molecule has 0 aromatic heterocycles. The molecule has 1 atom stereocenters. The summed E-state index contributed by atoms with van der Waals surface area (Å²) in [5, 5.41) is 9.85. The van der Waals surface area contributed by atoms with Gasteiger partial charge in [0.2, 0.25) is 0 Å². The number of carbonyl (C=O) groups is 1. The molecular formula is C19H36O3. The van der Waals surface area contributed by atoms with E-state index < -0.39 is 0 Å². The third-order valence-corrected chi connectivity index (χ3v) is 3.94. The quantitative estimate of drug-likeness (QED) is 0.258. The third kappa shape index (κ3) is 15.6. The Bertz CT molecular complexity index is 274. The van der Waals surface area contributed by atoms with Gasteiger partial charge in [-0.3, -0.25) is 4.79 Å². The molecule has 130 valence electrons. The molecule has 0 aromatic carbocycles. The van der Waals surface area contributed by atoms with Gasteiger partial charge in [-0.05, 0) is 25.7 Å². The molecule has 0 fully saturated rings. The highest BCUT2D eigenvalue weighted by atomic mass is 16.5. The van der Waals surface area contributed by atoms with Crippen LogP contribution in [0.3, 0.4) is 0 Å². The first kappa shape index (κ1) is 21.2. The summed E-state index contributed by atoms with van der Waals surface area (Å²) in [5.74, 6) is -0.116. The maximum absolute atomic E-state index is 10.9. The Morgan fingerprint density at radius 2 is 1.64 bits per heavy atom. The second kappa shape index (κ2) is 16.5. The molecule has 0 aliphatic carbocycles. The van der Waals surface area contributed by atoms with E-state index in [-0.39, 0.29) is 12.1 Å². The number of hydrogen-bond acceptors (Lipinski definition) is 3. The van der Waals surface area contributed by atoms with E-state index in [0.717, 1.165) is 44.9 Å². The Morgan fingerprint density at radius 1 is 1.00 bits per heavy atom. The Kier molecular flexibility index (Phi) is 15.9. The van der Waals surface area contributed by atoms with Gasteiger partial charge >= 0.3 is 5.97 Å². The summed E-state index contributed by atoms with van der Waals surface area (Å²) in [7, 11) is 1.43. The summed E-state index contributed by atoms with van der Waals surface area (Å²) in [6, 6.07) is 0. The van der Waals surface area contributed by atoms with Crippen LogP contribution in [0.5, 0.6) is 0 Å². The van der Waals surface area contributed by atoms with Crippen molar-refractivity contribution in [1.29, 1.82) is 0 Å². The Morgan fingerprint density at radius 3 is 2.36 bits per heavy atom. The van der Waals surface area contributed by atoms with Crippen LogP contribution < -0.4 is 0 Å². The minimum absolute atomic E-state index is 0.116. The monoisotopic (exact) mass is 312 g/mol. The fourth-order valence-corrected chi connectivity index (χ4v) is 2.47. The highest BCUT2D eigenvalue weighted by molar-refractivity contribution is 5.68. The zero-order chi connectivity index (χ0) is 16.5. The molecule has 3 nitrogen and oxygen atoms in total. The molecule has 0 unspecified atom stereocenters. The minimum Gasteiger partial charge on any atom is -0.469 e. The summed E-state index contributed by atoms with van der Waals surface area (Å²) in [4.78, 5) is 10.9. The van der Waals surface area contributed by atoms with Gasteiger partial charge in [0.15, 0.2) is 0 Å². The van der Waals surface area contributed by atoms with Crippen LogP contribution >= 0.6 is 0 Å². The standard InChI is InChI=1S/C19H36O3/c1-3-4-5-6-7-9-12-15-18(20)16-13-10-8-11-14-17-19(21)22-2/h12,15,18,20H,3-11,13-14,16-17H2,1-2H3/b15-12+/t18-/m0/s1. The maximum atomic E-state index is 10.9. The predicted octanol–water partition coefficient (Wildman–Crippen LogP) is 5.17. The molecule has 1 N–H and O–H groups in total. The lowest BCUT2D eigenvalue weighted by molar-refractivity contribution is -0.140. The molecule has 22 heavy (non-hydrogen) atoms. The van der Waals surface area contributed by atoms with E-state index in [1.807, 2.05) is 6.08 Å².